The molecule has 0 aliphatic heterocycles. The van der Waals surface area contributed by atoms with Gasteiger partial charge in [0.05, 0.1) is 13.2 Å². The van der Waals surface area contributed by atoms with Crippen LogP contribution in [-0.4, -0.2) is 36.6 Å². The maximum Gasteiger partial charge on any atom is 0.143 e. The van der Waals surface area contributed by atoms with E-state index >= 15 is 0 Å². The Hall–Kier alpha value is -0.560. The number of nitrogens with one attached hydrogen (secondary N) is 1. The lowest BCUT2D eigenvalue weighted by Crippen LogP contribution is -2.14. The molecule has 0 saturated heterocycles. The van der Waals surface area contributed by atoms with Crippen LogP contribution in [0, 0.1) is 0 Å². The first-order chi connectivity index (χ1) is 7.88. The summed E-state index contributed by atoms with van der Waals surface area (Å²) in [6, 6.07) is 0.713. The molecule has 0 unspecified atom stereocenters. The fourth-order valence-corrected chi connectivity index (χ4v) is 1.97. The van der Waals surface area contributed by atoms with E-state index in [0.29, 0.717) is 25.9 Å². The smallest absolute Gasteiger partial charge is 0.143 e. The van der Waals surface area contributed by atoms with Crippen LogP contribution in [0.5, 0.6) is 0 Å². The van der Waals surface area contributed by atoms with Crippen LogP contribution in [-0.2, 0) is 22.6 Å². The van der Waals surface area contributed by atoms with Crippen molar-refractivity contribution in [1.29, 1.82) is 0 Å². The van der Waals surface area contributed by atoms with E-state index < -0.39 is 0 Å². The summed E-state index contributed by atoms with van der Waals surface area (Å²) in [4.78, 5) is 0. The van der Waals surface area contributed by atoms with Crippen LogP contribution in [0.2, 0.25) is 0 Å². The highest BCUT2D eigenvalue weighted by atomic mass is 32.1. The van der Waals surface area contributed by atoms with Crippen LogP contribution >= 0.6 is 11.3 Å². The number of hydrogen-bond acceptors (Lipinski definition) is 6. The largest absolute Gasteiger partial charge is 0.382 e. The van der Waals surface area contributed by atoms with E-state index in [2.05, 4.69) is 15.5 Å². The standard InChI is InChI=1S/C10H17N3O2S/c1-14-4-5-15-7-10-13-12-9(16-10)6-11-8-2-3-8/h8,11H,2-7H2,1H3. The van der Waals surface area contributed by atoms with E-state index in [1.165, 1.54) is 12.8 Å². The van der Waals surface area contributed by atoms with E-state index in [1.54, 1.807) is 18.4 Å². The van der Waals surface area contributed by atoms with Crippen molar-refractivity contribution < 1.29 is 9.47 Å². The van der Waals surface area contributed by atoms with Gasteiger partial charge in [0.25, 0.3) is 0 Å². The molecule has 1 aliphatic rings. The highest BCUT2D eigenvalue weighted by molar-refractivity contribution is 7.11. The molecule has 0 spiro atoms. The number of aromatic nitrogens is 2. The molecular weight excluding hydrogens is 226 g/mol. The van der Waals surface area contributed by atoms with Gasteiger partial charge in [0.1, 0.15) is 16.6 Å². The molecule has 2 rings (SSSR count). The predicted octanol–water partition coefficient (Wildman–Crippen LogP) is 0.953. The van der Waals surface area contributed by atoms with Crippen molar-refractivity contribution in [2.24, 2.45) is 0 Å². The van der Waals surface area contributed by atoms with Gasteiger partial charge in [-0.3, -0.25) is 0 Å². The molecule has 5 nitrogen and oxygen atoms in total. The molecule has 1 aromatic rings. The van der Waals surface area contributed by atoms with Gasteiger partial charge in [-0.2, -0.15) is 0 Å². The van der Waals surface area contributed by atoms with Gasteiger partial charge in [-0.15, -0.1) is 10.2 Å². The van der Waals surface area contributed by atoms with Crippen LogP contribution < -0.4 is 5.32 Å². The molecular formula is C10H17N3O2S. The van der Waals surface area contributed by atoms with Gasteiger partial charge in [0, 0.05) is 19.7 Å². The molecule has 0 bridgehead atoms. The summed E-state index contributed by atoms with van der Waals surface area (Å²) in [7, 11) is 1.66. The normalized spacial score (nSPS) is 15.6. The van der Waals surface area contributed by atoms with Crippen molar-refractivity contribution in [3.05, 3.63) is 10.0 Å². The fraction of sp³-hybridized carbons (Fsp3) is 0.800. The lowest BCUT2D eigenvalue weighted by molar-refractivity contribution is 0.0613. The second kappa shape index (κ2) is 6.24. The van der Waals surface area contributed by atoms with Gasteiger partial charge in [-0.05, 0) is 12.8 Å². The summed E-state index contributed by atoms with van der Waals surface area (Å²) in [5.41, 5.74) is 0. The SMILES string of the molecule is COCCOCc1nnc(CNC2CC2)s1. The minimum atomic E-state index is 0.532. The minimum absolute atomic E-state index is 0.532. The van der Waals surface area contributed by atoms with Gasteiger partial charge in [0.15, 0.2) is 0 Å². The molecule has 1 saturated carbocycles. The molecule has 1 aromatic heterocycles. The van der Waals surface area contributed by atoms with E-state index in [1.807, 2.05) is 0 Å². The van der Waals surface area contributed by atoms with Gasteiger partial charge in [0.2, 0.25) is 0 Å². The number of hydrogen-bond donors (Lipinski definition) is 1. The number of methoxy groups -OCH3 is 1. The monoisotopic (exact) mass is 243 g/mol. The third-order valence-corrected chi connectivity index (χ3v) is 3.18. The van der Waals surface area contributed by atoms with Crippen molar-refractivity contribution in [2.45, 2.75) is 32.0 Å². The second-order valence-corrected chi connectivity index (χ2v) is 4.94. The van der Waals surface area contributed by atoms with Gasteiger partial charge < -0.3 is 14.8 Å². The zero-order valence-electron chi connectivity index (χ0n) is 9.44. The molecule has 0 atom stereocenters. The Morgan fingerprint density at radius 2 is 2.12 bits per heavy atom. The Kier molecular flexibility index (Phi) is 4.65. The van der Waals surface area contributed by atoms with E-state index in [9.17, 15) is 0 Å². The Morgan fingerprint density at radius 3 is 2.88 bits per heavy atom. The van der Waals surface area contributed by atoms with Crippen molar-refractivity contribution in [3.63, 3.8) is 0 Å². The molecule has 16 heavy (non-hydrogen) atoms. The second-order valence-electron chi connectivity index (χ2n) is 3.79. The van der Waals surface area contributed by atoms with Crippen molar-refractivity contribution in [1.82, 2.24) is 15.5 Å². The van der Waals surface area contributed by atoms with E-state index in [4.69, 9.17) is 9.47 Å². The maximum atomic E-state index is 5.37. The number of rotatable bonds is 8. The first-order valence-corrected chi connectivity index (χ1v) is 6.31. The zero-order valence-corrected chi connectivity index (χ0v) is 10.3. The Bertz CT molecular complexity index is 315. The van der Waals surface area contributed by atoms with Gasteiger partial charge >= 0.3 is 0 Å². The molecule has 6 heteroatoms. The Labute approximate surface area is 99.2 Å². The zero-order chi connectivity index (χ0) is 11.2. The third kappa shape index (κ3) is 4.13. The first kappa shape index (κ1) is 11.9. The van der Waals surface area contributed by atoms with Crippen LogP contribution in [0.4, 0.5) is 0 Å². The summed E-state index contributed by atoms with van der Waals surface area (Å²) in [5, 5.41) is 13.6. The van der Waals surface area contributed by atoms with Gasteiger partial charge in [-0.1, -0.05) is 11.3 Å². The van der Waals surface area contributed by atoms with Crippen LogP contribution in [0.1, 0.15) is 22.9 Å². The summed E-state index contributed by atoms with van der Waals surface area (Å²) >= 11 is 1.61. The lowest BCUT2D eigenvalue weighted by atomic mass is 10.6. The quantitative estimate of drug-likeness (QED) is 0.689. The van der Waals surface area contributed by atoms with E-state index in [-0.39, 0.29) is 0 Å². The maximum absolute atomic E-state index is 5.37. The molecule has 0 aromatic carbocycles. The molecule has 1 N–H and O–H groups in total. The molecule has 90 valence electrons. The molecule has 1 fully saturated rings. The average molecular weight is 243 g/mol. The van der Waals surface area contributed by atoms with Crippen LogP contribution in [0.15, 0.2) is 0 Å². The molecule has 1 heterocycles. The van der Waals surface area contributed by atoms with E-state index in [0.717, 1.165) is 16.6 Å². The summed E-state index contributed by atoms with van der Waals surface area (Å²) in [5.74, 6) is 0. The molecule has 1 aliphatic carbocycles. The van der Waals surface area contributed by atoms with Crippen LogP contribution in [0.3, 0.4) is 0 Å². The van der Waals surface area contributed by atoms with Crippen LogP contribution in [0.25, 0.3) is 0 Å². The topological polar surface area (TPSA) is 56.3 Å². The van der Waals surface area contributed by atoms with Crippen molar-refractivity contribution >= 4 is 11.3 Å². The highest BCUT2D eigenvalue weighted by Gasteiger charge is 2.20. The summed E-state index contributed by atoms with van der Waals surface area (Å²) in [6.07, 6.45) is 2.59. The lowest BCUT2D eigenvalue weighted by Gasteiger charge is -1.99. The fourth-order valence-electron chi connectivity index (χ4n) is 1.24. The van der Waals surface area contributed by atoms with Crippen molar-refractivity contribution in [3.8, 4) is 0 Å². The van der Waals surface area contributed by atoms with Crippen molar-refractivity contribution in [2.75, 3.05) is 20.3 Å². The highest BCUT2D eigenvalue weighted by Crippen LogP contribution is 2.20. The Balaban J connectivity index is 1.64. The molecule has 0 radical (unpaired) electrons. The minimum Gasteiger partial charge on any atom is -0.382 e. The molecule has 0 amide bonds. The Morgan fingerprint density at radius 1 is 1.31 bits per heavy atom. The third-order valence-electron chi connectivity index (χ3n) is 2.29. The first-order valence-electron chi connectivity index (χ1n) is 5.50. The number of nitrogens with zero attached hydrogens (tertiary/aromatic N) is 2. The van der Waals surface area contributed by atoms with Gasteiger partial charge in [-0.25, -0.2) is 0 Å². The average Bonchev–Trinajstić information content (AvgIpc) is 3.02. The summed E-state index contributed by atoms with van der Waals surface area (Å²) < 4.78 is 10.3. The number of ether oxygens (including phenoxy) is 2. The summed E-state index contributed by atoms with van der Waals surface area (Å²) in [6.45, 7) is 2.59. The predicted molar refractivity (Wildman–Crippen MR) is 61.3 cm³/mol.